The van der Waals surface area contributed by atoms with E-state index in [9.17, 15) is 70.2 Å². The molecule has 0 radical (unpaired) electrons. The molecule has 3 rings (SSSR count). The molecule has 250 valence electrons. The van der Waals surface area contributed by atoms with Gasteiger partial charge in [0.2, 0.25) is 12.3 Å². The molecule has 0 unspecified atom stereocenters. The van der Waals surface area contributed by atoms with E-state index in [4.69, 9.17) is 23.7 Å². The van der Waals surface area contributed by atoms with Crippen LogP contribution in [-0.2, 0) is 33.3 Å². The summed E-state index contributed by atoms with van der Waals surface area (Å²) in [5.41, 5.74) is 0. The molecule has 3 aliphatic heterocycles. The molecule has 20 heteroatoms. The molecule has 3 fully saturated rings. The largest absolute Gasteiger partial charge is 0.477 e. The zero-order valence-electron chi connectivity index (χ0n) is 22.6. The molecule has 3 aliphatic rings. The lowest BCUT2D eigenvalue weighted by molar-refractivity contribution is -0.383. The zero-order valence-corrected chi connectivity index (χ0v) is 22.6. The summed E-state index contributed by atoms with van der Waals surface area (Å²) < 4.78 is 40.4. The molecular formula is C23H38FNO18. The highest BCUT2D eigenvalue weighted by Gasteiger charge is 2.60. The molecule has 3 heterocycles. The number of halogens is 1. The highest BCUT2D eigenvalue weighted by Crippen LogP contribution is 2.38. The van der Waals surface area contributed by atoms with E-state index in [1.165, 1.54) is 0 Å². The molecular weight excluding hydrogens is 597 g/mol. The highest BCUT2D eigenvalue weighted by molar-refractivity contribution is 5.76. The van der Waals surface area contributed by atoms with Gasteiger partial charge in [0.05, 0.1) is 32.0 Å². The average Bonchev–Trinajstić information content (AvgIpc) is 2.96. The van der Waals surface area contributed by atoms with Gasteiger partial charge in [-0.3, -0.25) is 4.79 Å². The lowest BCUT2D eigenvalue weighted by atomic mass is 9.88. The predicted molar refractivity (Wildman–Crippen MR) is 129 cm³/mol. The van der Waals surface area contributed by atoms with Gasteiger partial charge in [-0.1, -0.05) is 0 Å². The Morgan fingerprint density at radius 1 is 0.953 bits per heavy atom. The molecule has 0 aromatic heterocycles. The number of aliphatic carboxylic acids is 1. The molecule has 43 heavy (non-hydrogen) atoms. The van der Waals surface area contributed by atoms with Crippen molar-refractivity contribution in [2.24, 2.45) is 0 Å². The number of hydrogen-bond acceptors (Lipinski definition) is 17. The Hall–Kier alpha value is -1.73. The van der Waals surface area contributed by atoms with Crippen molar-refractivity contribution in [1.82, 2.24) is 5.32 Å². The molecule has 0 saturated carbocycles. The summed E-state index contributed by atoms with van der Waals surface area (Å²) in [5.74, 6) is -5.78. The maximum Gasteiger partial charge on any atom is 0.364 e. The smallest absolute Gasteiger partial charge is 0.364 e. The Balaban J connectivity index is 1.94. The first-order valence-electron chi connectivity index (χ1n) is 13.2. The fourth-order valence-corrected chi connectivity index (χ4v) is 5.14. The third-order valence-electron chi connectivity index (χ3n) is 7.43. The maximum absolute atomic E-state index is 13.9. The SMILES string of the molecule is CC(=O)N[C@H]1[C@H]([C@@H](O)[C@H](O)CO)O[C@@](O[C@H]2[C@@H](O)[C@@H](CO)O[C@@H](O[C@H]3[C@H](O)[C@@H](O)[C@@H](F)O[C@@H]3CO)[C@@H]2O)(C(=O)O)C[C@@H]1O. The van der Waals surface area contributed by atoms with Crippen LogP contribution >= 0.6 is 0 Å². The van der Waals surface area contributed by atoms with E-state index in [0.29, 0.717) is 0 Å². The summed E-state index contributed by atoms with van der Waals surface area (Å²) in [6, 6.07) is -1.55. The number of aliphatic hydroxyl groups is 10. The van der Waals surface area contributed by atoms with Crippen LogP contribution in [-0.4, -0.2) is 186 Å². The zero-order chi connectivity index (χ0) is 32.4. The van der Waals surface area contributed by atoms with Crippen LogP contribution in [0.4, 0.5) is 4.39 Å². The van der Waals surface area contributed by atoms with Crippen molar-refractivity contribution in [3.8, 4) is 0 Å². The summed E-state index contributed by atoms with van der Waals surface area (Å²) in [4.78, 5) is 24.3. The molecule has 12 N–H and O–H groups in total. The number of aliphatic hydroxyl groups excluding tert-OH is 10. The van der Waals surface area contributed by atoms with Crippen molar-refractivity contribution in [2.45, 2.75) is 111 Å². The van der Waals surface area contributed by atoms with Gasteiger partial charge in [-0.25, -0.2) is 9.18 Å². The predicted octanol–water partition coefficient (Wildman–Crippen LogP) is -7.25. The van der Waals surface area contributed by atoms with E-state index in [0.717, 1.165) is 6.92 Å². The molecule has 0 bridgehead atoms. The number of nitrogens with one attached hydrogen (secondary N) is 1. The standard InChI is InChI=1S/C23H38FNO18/c1-6(29)25-11-7(30)2-23(22(37)38,42-18(11)12(32)8(31)3-26)43-19-13(33)9(4-27)40-21(16(19)36)41-17-10(5-28)39-20(24)15(35)14(17)34/h7-21,26-28,30-36H,2-5H2,1H3,(H,25,29)(H,37,38)/t7-,8+,9+,10+,11+,12-,13-,14+,15+,16+,17+,18+,19-,20-,21-,23-/m0/s1. The van der Waals surface area contributed by atoms with Crippen LogP contribution in [0, 0.1) is 0 Å². The van der Waals surface area contributed by atoms with E-state index >= 15 is 0 Å². The van der Waals surface area contributed by atoms with Gasteiger partial charge in [-0.15, -0.1) is 0 Å². The first-order valence-corrected chi connectivity index (χ1v) is 13.2. The van der Waals surface area contributed by atoms with Crippen LogP contribution in [0.3, 0.4) is 0 Å². The van der Waals surface area contributed by atoms with Crippen molar-refractivity contribution in [3.63, 3.8) is 0 Å². The van der Waals surface area contributed by atoms with Gasteiger partial charge < -0.3 is 85.2 Å². The number of alkyl halides is 1. The van der Waals surface area contributed by atoms with Gasteiger partial charge in [-0.05, 0) is 0 Å². The van der Waals surface area contributed by atoms with Gasteiger partial charge in [0.25, 0.3) is 5.79 Å². The first-order chi connectivity index (χ1) is 20.1. The second kappa shape index (κ2) is 14.6. The fraction of sp³-hybridized carbons (Fsp3) is 0.913. The molecule has 1 amide bonds. The second-order valence-corrected chi connectivity index (χ2v) is 10.5. The van der Waals surface area contributed by atoms with Crippen LogP contribution in [0.15, 0.2) is 0 Å². The minimum atomic E-state index is -3.04. The summed E-state index contributed by atoms with van der Waals surface area (Å²) in [5, 5.41) is 114. The van der Waals surface area contributed by atoms with E-state index in [1.807, 2.05) is 0 Å². The lowest BCUT2D eigenvalue weighted by Crippen LogP contribution is -2.70. The van der Waals surface area contributed by atoms with Gasteiger partial charge in [-0.2, -0.15) is 0 Å². The molecule has 0 spiro atoms. The van der Waals surface area contributed by atoms with Gasteiger partial charge in [0, 0.05) is 13.3 Å². The lowest BCUT2D eigenvalue weighted by Gasteiger charge is -2.50. The number of carboxylic acid groups (broad SMARTS) is 1. The maximum atomic E-state index is 13.9. The van der Waals surface area contributed by atoms with Crippen LogP contribution in [0.25, 0.3) is 0 Å². The minimum Gasteiger partial charge on any atom is -0.477 e. The van der Waals surface area contributed by atoms with E-state index in [2.05, 4.69) is 5.32 Å². The summed E-state index contributed by atoms with van der Waals surface area (Å²) in [6.45, 7) is -1.96. The Morgan fingerprint density at radius 2 is 1.58 bits per heavy atom. The van der Waals surface area contributed by atoms with Crippen LogP contribution in [0.1, 0.15) is 13.3 Å². The monoisotopic (exact) mass is 635 g/mol. The third-order valence-corrected chi connectivity index (χ3v) is 7.43. The normalized spacial score (nSPS) is 45.3. The summed E-state index contributed by atoms with van der Waals surface area (Å²) in [6.07, 6.45) is -29.1. The van der Waals surface area contributed by atoms with Crippen molar-refractivity contribution in [1.29, 1.82) is 0 Å². The van der Waals surface area contributed by atoms with Gasteiger partial charge in [0.1, 0.15) is 67.1 Å². The van der Waals surface area contributed by atoms with Crippen LogP contribution < -0.4 is 5.32 Å². The van der Waals surface area contributed by atoms with E-state index in [-0.39, 0.29) is 0 Å². The second-order valence-electron chi connectivity index (χ2n) is 10.5. The van der Waals surface area contributed by atoms with Gasteiger partial charge >= 0.3 is 5.97 Å². The molecule has 0 aliphatic carbocycles. The minimum absolute atomic E-state index is 0.757. The number of hydrogen-bond donors (Lipinski definition) is 12. The van der Waals surface area contributed by atoms with Crippen molar-refractivity contribution in [3.05, 3.63) is 0 Å². The molecule has 0 aromatic carbocycles. The number of amides is 1. The van der Waals surface area contributed by atoms with E-state index in [1.54, 1.807) is 0 Å². The summed E-state index contributed by atoms with van der Waals surface area (Å²) >= 11 is 0. The molecule has 16 atom stereocenters. The fourth-order valence-electron chi connectivity index (χ4n) is 5.14. The highest BCUT2D eigenvalue weighted by atomic mass is 19.1. The number of carbonyl (C=O) groups excluding carboxylic acids is 1. The van der Waals surface area contributed by atoms with Crippen molar-refractivity contribution < 1.29 is 93.8 Å². The van der Waals surface area contributed by atoms with Crippen molar-refractivity contribution >= 4 is 11.9 Å². The number of ether oxygens (including phenoxy) is 5. The van der Waals surface area contributed by atoms with Crippen LogP contribution in [0.2, 0.25) is 0 Å². The molecule has 3 saturated heterocycles. The Kier molecular flexibility index (Phi) is 12.1. The Morgan fingerprint density at radius 3 is 2.12 bits per heavy atom. The number of carbonyl (C=O) groups is 2. The summed E-state index contributed by atoms with van der Waals surface area (Å²) in [7, 11) is 0. The Bertz CT molecular complexity index is 948. The van der Waals surface area contributed by atoms with E-state index < -0.39 is 136 Å². The quantitative estimate of drug-likeness (QED) is 0.100. The molecule has 19 nitrogen and oxygen atoms in total. The topological polar surface area (TPSA) is 315 Å². The first kappa shape index (κ1) is 35.7. The number of rotatable bonds is 11. The average molecular weight is 636 g/mol. The number of carboxylic acids is 1. The molecule has 0 aromatic rings. The van der Waals surface area contributed by atoms with Crippen LogP contribution in [0.5, 0.6) is 0 Å². The third kappa shape index (κ3) is 7.40. The Labute approximate surface area is 242 Å². The van der Waals surface area contributed by atoms with Gasteiger partial charge in [0.15, 0.2) is 6.29 Å². The van der Waals surface area contributed by atoms with Crippen molar-refractivity contribution in [2.75, 3.05) is 19.8 Å².